The molecule has 0 aliphatic carbocycles. The summed E-state index contributed by atoms with van der Waals surface area (Å²) in [6.07, 6.45) is 3.40. The lowest BCUT2D eigenvalue weighted by Gasteiger charge is -2.08. The number of nitrogens with one attached hydrogen (secondary N) is 1. The third-order valence-electron chi connectivity index (χ3n) is 2.37. The molecule has 2 aromatic rings. The largest absolute Gasteiger partial charge is 0.392 e. The van der Waals surface area contributed by atoms with Gasteiger partial charge < -0.3 is 10.4 Å². The fraction of sp³-hybridized carbons (Fsp3) is 0.273. The van der Waals surface area contributed by atoms with Crippen molar-refractivity contribution in [1.82, 2.24) is 9.97 Å². The van der Waals surface area contributed by atoms with Gasteiger partial charge in [0.05, 0.1) is 36.2 Å². The van der Waals surface area contributed by atoms with E-state index in [4.69, 9.17) is 5.11 Å². The molecule has 0 bridgehead atoms. The van der Waals surface area contributed by atoms with Crippen molar-refractivity contribution in [3.05, 3.63) is 40.1 Å². The van der Waals surface area contributed by atoms with Gasteiger partial charge in [-0.1, -0.05) is 0 Å². The number of pyridine rings is 1. The lowest BCUT2D eigenvalue weighted by Crippen LogP contribution is -2.02. The highest BCUT2D eigenvalue weighted by Crippen LogP contribution is 2.17. The first-order valence-corrected chi connectivity index (χ1v) is 5.86. The number of aliphatic hydroxyl groups is 1. The van der Waals surface area contributed by atoms with Crippen LogP contribution in [-0.2, 0) is 13.2 Å². The van der Waals surface area contributed by atoms with Crippen LogP contribution < -0.4 is 5.32 Å². The quantitative estimate of drug-likeness (QED) is 0.850. The molecule has 4 nitrogen and oxygen atoms in total. The van der Waals surface area contributed by atoms with Gasteiger partial charge in [0.25, 0.3) is 0 Å². The molecule has 16 heavy (non-hydrogen) atoms. The molecule has 0 aliphatic rings. The molecule has 0 aliphatic heterocycles. The van der Waals surface area contributed by atoms with Crippen LogP contribution in [0.1, 0.15) is 16.1 Å². The van der Waals surface area contributed by atoms with Crippen LogP contribution in [0.5, 0.6) is 0 Å². The number of hydrogen-bond acceptors (Lipinski definition) is 5. The van der Waals surface area contributed by atoms with Crippen LogP contribution in [0.15, 0.2) is 24.0 Å². The van der Waals surface area contributed by atoms with Gasteiger partial charge in [-0.05, 0) is 13.0 Å². The number of anilines is 1. The molecule has 2 heterocycles. The van der Waals surface area contributed by atoms with E-state index in [0.717, 1.165) is 23.5 Å². The van der Waals surface area contributed by atoms with Crippen LogP contribution in [-0.4, -0.2) is 15.1 Å². The highest BCUT2D eigenvalue weighted by Gasteiger charge is 2.03. The van der Waals surface area contributed by atoms with Gasteiger partial charge in [-0.3, -0.25) is 4.98 Å². The van der Waals surface area contributed by atoms with Gasteiger partial charge in [-0.15, -0.1) is 11.3 Å². The molecular formula is C11H13N3OS. The molecule has 0 radical (unpaired) electrons. The molecule has 0 saturated carbocycles. The summed E-state index contributed by atoms with van der Waals surface area (Å²) in [7, 11) is 0. The maximum Gasteiger partial charge on any atom is 0.0798 e. The topological polar surface area (TPSA) is 58.0 Å². The van der Waals surface area contributed by atoms with Crippen LogP contribution in [0, 0.1) is 6.92 Å². The Morgan fingerprint density at radius 1 is 1.50 bits per heavy atom. The molecular weight excluding hydrogens is 222 g/mol. The smallest absolute Gasteiger partial charge is 0.0798 e. The Morgan fingerprint density at radius 2 is 2.38 bits per heavy atom. The van der Waals surface area contributed by atoms with Crippen molar-refractivity contribution in [2.75, 3.05) is 5.32 Å². The summed E-state index contributed by atoms with van der Waals surface area (Å²) >= 11 is 1.63. The number of thiazole rings is 1. The van der Waals surface area contributed by atoms with Gasteiger partial charge in [-0.25, -0.2) is 4.98 Å². The Labute approximate surface area is 98.0 Å². The summed E-state index contributed by atoms with van der Waals surface area (Å²) in [5.41, 5.74) is 4.62. The highest BCUT2D eigenvalue weighted by atomic mass is 32.1. The van der Waals surface area contributed by atoms with Gasteiger partial charge in [0.15, 0.2) is 0 Å². The van der Waals surface area contributed by atoms with Crippen molar-refractivity contribution in [2.45, 2.75) is 20.1 Å². The fourth-order valence-corrected chi connectivity index (χ4v) is 2.11. The molecule has 2 rings (SSSR count). The highest BCUT2D eigenvalue weighted by molar-refractivity contribution is 7.09. The molecule has 0 aromatic carbocycles. The van der Waals surface area contributed by atoms with Gasteiger partial charge in [-0.2, -0.15) is 0 Å². The molecule has 2 aromatic heterocycles. The van der Waals surface area contributed by atoms with E-state index in [0.29, 0.717) is 0 Å². The van der Waals surface area contributed by atoms with E-state index >= 15 is 0 Å². The van der Waals surface area contributed by atoms with Gasteiger partial charge in [0.1, 0.15) is 0 Å². The van der Waals surface area contributed by atoms with E-state index in [1.807, 2.05) is 18.5 Å². The first-order valence-electron chi connectivity index (χ1n) is 4.98. The Morgan fingerprint density at radius 3 is 3.06 bits per heavy atom. The van der Waals surface area contributed by atoms with E-state index in [1.54, 1.807) is 23.7 Å². The second-order valence-corrected chi connectivity index (χ2v) is 4.34. The Kier molecular flexibility index (Phi) is 3.48. The zero-order chi connectivity index (χ0) is 11.4. The SMILES string of the molecule is Cc1ncsc1CNc1cnccc1CO. The molecule has 0 spiro atoms. The van der Waals surface area contributed by atoms with Gasteiger partial charge in [0.2, 0.25) is 0 Å². The molecule has 0 fully saturated rings. The molecule has 0 amide bonds. The standard InChI is InChI=1S/C11H13N3OS/c1-8-11(16-7-14-8)5-13-10-4-12-3-2-9(10)6-15/h2-4,7,13,15H,5-6H2,1H3. The van der Waals surface area contributed by atoms with Crippen LogP contribution >= 0.6 is 11.3 Å². The summed E-state index contributed by atoms with van der Waals surface area (Å²) in [6, 6.07) is 1.81. The van der Waals surface area contributed by atoms with Gasteiger partial charge >= 0.3 is 0 Å². The second kappa shape index (κ2) is 5.05. The number of aliphatic hydroxyl groups excluding tert-OH is 1. The second-order valence-electron chi connectivity index (χ2n) is 3.41. The maximum atomic E-state index is 9.15. The summed E-state index contributed by atoms with van der Waals surface area (Å²) < 4.78 is 0. The van der Waals surface area contributed by atoms with Crippen LogP contribution in [0.3, 0.4) is 0 Å². The molecule has 5 heteroatoms. The number of aryl methyl sites for hydroxylation is 1. The zero-order valence-electron chi connectivity index (χ0n) is 8.97. The molecule has 84 valence electrons. The minimum absolute atomic E-state index is 0.0204. The number of rotatable bonds is 4. The van der Waals surface area contributed by atoms with E-state index in [2.05, 4.69) is 15.3 Å². The Hall–Kier alpha value is -1.46. The normalized spacial score (nSPS) is 10.4. The first kappa shape index (κ1) is 11.0. The Bertz CT molecular complexity index is 470. The average molecular weight is 235 g/mol. The van der Waals surface area contributed by atoms with Crippen LogP contribution in [0.2, 0.25) is 0 Å². The predicted molar refractivity (Wildman–Crippen MR) is 64.3 cm³/mol. The van der Waals surface area contributed by atoms with E-state index in [-0.39, 0.29) is 6.61 Å². The molecule has 0 unspecified atom stereocenters. The van der Waals surface area contributed by atoms with Crippen molar-refractivity contribution in [3.8, 4) is 0 Å². The molecule has 2 N–H and O–H groups in total. The van der Waals surface area contributed by atoms with E-state index in [1.165, 1.54) is 4.88 Å². The summed E-state index contributed by atoms with van der Waals surface area (Å²) in [4.78, 5) is 9.42. The maximum absolute atomic E-state index is 9.15. The number of hydrogen-bond donors (Lipinski definition) is 2. The molecule has 0 atom stereocenters. The van der Waals surface area contributed by atoms with Crippen LogP contribution in [0.4, 0.5) is 5.69 Å². The van der Waals surface area contributed by atoms with Crippen molar-refractivity contribution in [2.24, 2.45) is 0 Å². The number of aromatic nitrogens is 2. The van der Waals surface area contributed by atoms with Crippen molar-refractivity contribution in [1.29, 1.82) is 0 Å². The summed E-state index contributed by atoms with van der Waals surface area (Å²) in [5, 5.41) is 12.4. The first-order chi connectivity index (χ1) is 7.81. The minimum Gasteiger partial charge on any atom is -0.392 e. The third kappa shape index (κ3) is 2.37. The fourth-order valence-electron chi connectivity index (χ4n) is 1.39. The minimum atomic E-state index is 0.0204. The lowest BCUT2D eigenvalue weighted by atomic mass is 10.2. The van der Waals surface area contributed by atoms with Crippen molar-refractivity contribution >= 4 is 17.0 Å². The van der Waals surface area contributed by atoms with Gasteiger partial charge in [0, 0.05) is 16.6 Å². The van der Waals surface area contributed by atoms with Crippen molar-refractivity contribution < 1.29 is 5.11 Å². The predicted octanol–water partition coefficient (Wildman–Crippen LogP) is 1.95. The third-order valence-corrected chi connectivity index (χ3v) is 3.30. The number of nitrogens with zero attached hydrogens (tertiary/aromatic N) is 2. The van der Waals surface area contributed by atoms with E-state index < -0.39 is 0 Å². The van der Waals surface area contributed by atoms with Crippen LogP contribution in [0.25, 0.3) is 0 Å². The summed E-state index contributed by atoms with van der Waals surface area (Å²) in [5.74, 6) is 0. The average Bonchev–Trinajstić information content (AvgIpc) is 2.72. The lowest BCUT2D eigenvalue weighted by molar-refractivity contribution is 0.282. The monoisotopic (exact) mass is 235 g/mol. The van der Waals surface area contributed by atoms with E-state index in [9.17, 15) is 0 Å². The zero-order valence-corrected chi connectivity index (χ0v) is 9.79. The Balaban J connectivity index is 2.07. The van der Waals surface area contributed by atoms with Crippen molar-refractivity contribution in [3.63, 3.8) is 0 Å². The molecule has 0 saturated heterocycles. The summed E-state index contributed by atoms with van der Waals surface area (Å²) in [6.45, 7) is 2.73.